The van der Waals surface area contributed by atoms with E-state index in [-0.39, 0.29) is 12.4 Å². The van der Waals surface area contributed by atoms with Gasteiger partial charge in [0.1, 0.15) is 60.0 Å². The van der Waals surface area contributed by atoms with Gasteiger partial charge >= 0.3 is 0 Å². The zero-order valence-electron chi connectivity index (χ0n) is 20.8. The molecule has 1 unspecified atom stereocenters. The lowest BCUT2D eigenvalue weighted by Gasteiger charge is -2.40. The lowest BCUT2D eigenvalue weighted by Crippen LogP contribution is -2.55. The molecule has 0 aliphatic carbocycles. The van der Waals surface area contributed by atoms with Gasteiger partial charge in [-0.3, -0.25) is 0 Å². The van der Waals surface area contributed by atoms with Crippen molar-refractivity contribution in [2.24, 2.45) is 0 Å². The number of hydrogen-bond donors (Lipinski definition) is 4. The maximum absolute atomic E-state index is 14.1. The molecule has 9 heteroatoms. The average molecular weight is 545 g/mol. The Hall–Kier alpha value is -2.72. The molecule has 202 valence electrons. The van der Waals surface area contributed by atoms with Gasteiger partial charge in [0.15, 0.2) is 0 Å². The Labute approximate surface area is 225 Å². The lowest BCUT2D eigenvalue weighted by atomic mass is 9.90. The van der Waals surface area contributed by atoms with Gasteiger partial charge < -0.3 is 34.6 Å². The molecule has 38 heavy (non-hydrogen) atoms. The molecule has 2 aliphatic heterocycles. The molecule has 0 aromatic heterocycles. The molecule has 6 atom stereocenters. The Morgan fingerprint density at radius 1 is 1.03 bits per heavy atom. The predicted octanol–water partition coefficient (Wildman–Crippen LogP) is 3.36. The van der Waals surface area contributed by atoms with Gasteiger partial charge in [0, 0.05) is 17.0 Å². The molecule has 0 bridgehead atoms. The van der Waals surface area contributed by atoms with E-state index in [9.17, 15) is 24.8 Å². The minimum atomic E-state index is -1.46. The Morgan fingerprint density at radius 3 is 2.50 bits per heavy atom. The highest BCUT2D eigenvalue weighted by molar-refractivity contribution is 6.31. The second-order valence-electron chi connectivity index (χ2n) is 10.2. The SMILES string of the molecule is CC1(COc2ccc(Cc3cc([C@@H]4O[C@H](CO)[C@@H](O)[C@H](O)[C@H]4O)ccc3Cl)cc2)Cc2c(F)cccc2O1. The van der Waals surface area contributed by atoms with E-state index in [1.165, 1.54) is 6.07 Å². The first kappa shape index (κ1) is 26.9. The minimum Gasteiger partial charge on any atom is -0.489 e. The summed E-state index contributed by atoms with van der Waals surface area (Å²) >= 11 is 6.45. The lowest BCUT2D eigenvalue weighted by molar-refractivity contribution is -0.231. The molecular weight excluding hydrogens is 515 g/mol. The standard InChI is InChI=1S/C29H30ClFO7/c1-29(13-20-22(31)3-2-4-23(20)38-29)15-36-19-8-5-16(6-9-19)11-18-12-17(7-10-21(18)30)28-27(35)26(34)25(33)24(14-32)37-28/h2-10,12,24-28,32-35H,11,13-15H2,1H3/t24-,25-,26+,27-,28+,29?/m1/s1. The van der Waals surface area contributed by atoms with Crippen LogP contribution in [0.2, 0.25) is 5.02 Å². The maximum Gasteiger partial charge on any atom is 0.144 e. The van der Waals surface area contributed by atoms with Crippen LogP contribution in [0.15, 0.2) is 60.7 Å². The molecule has 0 spiro atoms. The zero-order chi connectivity index (χ0) is 27.0. The van der Waals surface area contributed by atoms with Crippen LogP contribution in [0.25, 0.3) is 0 Å². The number of hydrogen-bond acceptors (Lipinski definition) is 7. The van der Waals surface area contributed by atoms with Crippen LogP contribution in [-0.4, -0.2) is 63.7 Å². The topological polar surface area (TPSA) is 109 Å². The van der Waals surface area contributed by atoms with Crippen LogP contribution < -0.4 is 9.47 Å². The fraction of sp³-hybridized carbons (Fsp3) is 0.379. The minimum absolute atomic E-state index is 0.257. The van der Waals surface area contributed by atoms with E-state index in [1.54, 1.807) is 30.3 Å². The fourth-order valence-corrected chi connectivity index (χ4v) is 5.19. The van der Waals surface area contributed by atoms with E-state index in [0.29, 0.717) is 40.5 Å². The summed E-state index contributed by atoms with van der Waals surface area (Å²) in [5, 5.41) is 40.7. The van der Waals surface area contributed by atoms with Crippen molar-refractivity contribution < 1.29 is 39.0 Å². The average Bonchev–Trinajstić information content (AvgIpc) is 3.26. The summed E-state index contributed by atoms with van der Waals surface area (Å²) in [4.78, 5) is 0. The zero-order valence-corrected chi connectivity index (χ0v) is 21.5. The third kappa shape index (κ3) is 5.38. The van der Waals surface area contributed by atoms with Crippen molar-refractivity contribution >= 4 is 11.6 Å². The largest absolute Gasteiger partial charge is 0.489 e. The van der Waals surface area contributed by atoms with Crippen LogP contribution in [-0.2, 0) is 17.6 Å². The summed E-state index contributed by atoms with van der Waals surface area (Å²) in [6.45, 7) is 1.66. The number of benzene rings is 3. The van der Waals surface area contributed by atoms with Crippen molar-refractivity contribution in [1.82, 2.24) is 0 Å². The smallest absolute Gasteiger partial charge is 0.144 e. The molecule has 1 fully saturated rings. The summed E-state index contributed by atoms with van der Waals surface area (Å²) in [6.07, 6.45) is -5.25. The van der Waals surface area contributed by atoms with Crippen LogP contribution in [0, 0.1) is 5.82 Å². The summed E-state index contributed by atoms with van der Waals surface area (Å²) in [5.41, 5.74) is 2.21. The third-order valence-electron chi connectivity index (χ3n) is 7.14. The molecule has 3 aromatic carbocycles. The van der Waals surface area contributed by atoms with Gasteiger partial charge in [0.05, 0.1) is 6.61 Å². The maximum atomic E-state index is 14.1. The van der Waals surface area contributed by atoms with Crippen molar-refractivity contribution in [2.45, 2.75) is 55.9 Å². The van der Waals surface area contributed by atoms with Crippen LogP contribution in [0.1, 0.15) is 35.3 Å². The van der Waals surface area contributed by atoms with Crippen molar-refractivity contribution in [1.29, 1.82) is 0 Å². The van der Waals surface area contributed by atoms with E-state index < -0.39 is 42.7 Å². The van der Waals surface area contributed by atoms with E-state index in [1.807, 2.05) is 31.2 Å². The van der Waals surface area contributed by atoms with E-state index in [4.69, 9.17) is 25.8 Å². The van der Waals surface area contributed by atoms with Gasteiger partial charge in [-0.1, -0.05) is 41.9 Å². The van der Waals surface area contributed by atoms with Gasteiger partial charge in [-0.15, -0.1) is 0 Å². The van der Waals surface area contributed by atoms with Crippen molar-refractivity contribution in [3.05, 3.63) is 93.8 Å². The fourth-order valence-electron chi connectivity index (χ4n) is 5.01. The molecule has 2 heterocycles. The molecule has 3 aromatic rings. The van der Waals surface area contributed by atoms with Gasteiger partial charge in [-0.25, -0.2) is 4.39 Å². The molecule has 7 nitrogen and oxygen atoms in total. The Balaban J connectivity index is 1.24. The van der Waals surface area contributed by atoms with E-state index in [0.717, 1.165) is 11.1 Å². The number of aliphatic hydroxyl groups excluding tert-OH is 4. The number of rotatable bonds is 7. The third-order valence-corrected chi connectivity index (χ3v) is 7.50. The van der Waals surface area contributed by atoms with Crippen molar-refractivity contribution in [2.75, 3.05) is 13.2 Å². The molecule has 0 radical (unpaired) electrons. The van der Waals surface area contributed by atoms with Crippen molar-refractivity contribution in [3.8, 4) is 11.5 Å². The highest BCUT2D eigenvalue weighted by Crippen LogP contribution is 2.37. The van der Waals surface area contributed by atoms with Gasteiger partial charge in [0.2, 0.25) is 0 Å². The van der Waals surface area contributed by atoms with E-state index in [2.05, 4.69) is 0 Å². The number of aliphatic hydroxyl groups is 4. The first-order valence-corrected chi connectivity index (χ1v) is 12.8. The van der Waals surface area contributed by atoms with Gasteiger partial charge in [-0.2, -0.15) is 0 Å². The second-order valence-corrected chi connectivity index (χ2v) is 10.6. The number of halogens is 2. The van der Waals surface area contributed by atoms with Crippen LogP contribution in [0.5, 0.6) is 11.5 Å². The van der Waals surface area contributed by atoms with E-state index >= 15 is 0 Å². The molecule has 5 rings (SSSR count). The molecule has 1 saturated heterocycles. The highest BCUT2D eigenvalue weighted by Gasteiger charge is 2.44. The van der Waals surface area contributed by atoms with Crippen LogP contribution >= 0.6 is 11.6 Å². The molecular formula is C29H30ClFO7. The molecule has 0 saturated carbocycles. The second kappa shape index (κ2) is 10.8. The quantitative estimate of drug-likeness (QED) is 0.361. The predicted molar refractivity (Wildman–Crippen MR) is 138 cm³/mol. The summed E-state index contributed by atoms with van der Waals surface area (Å²) in [6, 6.07) is 17.5. The first-order chi connectivity index (χ1) is 18.2. The number of ether oxygens (including phenoxy) is 3. The van der Waals surface area contributed by atoms with Crippen molar-refractivity contribution in [3.63, 3.8) is 0 Å². The van der Waals surface area contributed by atoms with Gasteiger partial charge in [0.25, 0.3) is 0 Å². The number of fused-ring (bicyclic) bond motifs is 1. The first-order valence-electron chi connectivity index (χ1n) is 12.4. The Kier molecular flexibility index (Phi) is 7.64. The molecule has 0 amide bonds. The summed E-state index contributed by atoms with van der Waals surface area (Å²) in [5.74, 6) is 0.926. The van der Waals surface area contributed by atoms with Crippen LogP contribution in [0.4, 0.5) is 4.39 Å². The summed E-state index contributed by atoms with van der Waals surface area (Å²) in [7, 11) is 0. The molecule has 2 aliphatic rings. The molecule has 4 N–H and O–H groups in total. The monoisotopic (exact) mass is 544 g/mol. The Bertz CT molecular complexity index is 1280. The normalized spacial score (nSPS) is 28.6. The summed E-state index contributed by atoms with van der Waals surface area (Å²) < 4.78 is 31.7. The van der Waals surface area contributed by atoms with Gasteiger partial charge in [-0.05, 0) is 60.4 Å². The highest BCUT2D eigenvalue weighted by atomic mass is 35.5. The Morgan fingerprint density at radius 2 is 1.79 bits per heavy atom. The van der Waals surface area contributed by atoms with Crippen LogP contribution in [0.3, 0.4) is 0 Å².